The van der Waals surface area contributed by atoms with Crippen molar-refractivity contribution < 1.29 is 4.42 Å². The van der Waals surface area contributed by atoms with Crippen molar-refractivity contribution in [2.45, 2.75) is 0 Å². The second-order valence-electron chi connectivity index (χ2n) is 13.4. The van der Waals surface area contributed by atoms with E-state index in [0.717, 1.165) is 33.3 Å². The van der Waals surface area contributed by atoms with Gasteiger partial charge in [-0.15, -0.1) is 0 Å². The smallest absolute Gasteiger partial charge is 0.135 e. The Balaban J connectivity index is 1.09. The van der Waals surface area contributed by atoms with Crippen molar-refractivity contribution >= 4 is 65.6 Å². The van der Waals surface area contributed by atoms with E-state index in [-0.39, 0.29) is 0 Å². The molecule has 0 radical (unpaired) electrons. The largest absolute Gasteiger partial charge is 0.456 e. The third kappa shape index (κ3) is 4.25. The number of rotatable bonds is 4. The normalized spacial score (nSPS) is 11.9. The molecule has 8 aromatic carbocycles. The molecule has 11 aromatic rings. The molecule has 238 valence electrons. The van der Waals surface area contributed by atoms with Gasteiger partial charge in [0.2, 0.25) is 0 Å². The van der Waals surface area contributed by atoms with E-state index in [2.05, 4.69) is 179 Å². The first-order valence-electron chi connectivity index (χ1n) is 17.4. The molecule has 0 atom stereocenters. The second kappa shape index (κ2) is 10.8. The van der Waals surface area contributed by atoms with Gasteiger partial charge in [0.05, 0.1) is 22.1 Å². The summed E-state index contributed by atoms with van der Waals surface area (Å²) in [5.41, 5.74) is 13.6. The maximum Gasteiger partial charge on any atom is 0.135 e. The van der Waals surface area contributed by atoms with Crippen LogP contribution in [0.1, 0.15) is 0 Å². The van der Waals surface area contributed by atoms with Gasteiger partial charge in [-0.2, -0.15) is 0 Å². The molecule has 0 bridgehead atoms. The van der Waals surface area contributed by atoms with Crippen LogP contribution < -0.4 is 0 Å². The predicted molar refractivity (Wildman–Crippen MR) is 213 cm³/mol. The first kappa shape index (κ1) is 28.0. The van der Waals surface area contributed by atoms with Gasteiger partial charge in [-0.25, -0.2) is 0 Å². The van der Waals surface area contributed by atoms with Crippen LogP contribution in [0, 0.1) is 0 Å². The van der Waals surface area contributed by atoms with Gasteiger partial charge in [-0.3, -0.25) is 0 Å². The zero-order valence-electron chi connectivity index (χ0n) is 27.6. The fourth-order valence-corrected chi connectivity index (χ4v) is 8.16. The molecule has 0 fully saturated rings. The van der Waals surface area contributed by atoms with Crippen LogP contribution in [0.25, 0.3) is 99.2 Å². The van der Waals surface area contributed by atoms with E-state index in [4.69, 9.17) is 4.42 Å². The average Bonchev–Trinajstić information content (AvgIpc) is 3.85. The van der Waals surface area contributed by atoms with Crippen molar-refractivity contribution in [3.8, 4) is 33.6 Å². The highest BCUT2D eigenvalue weighted by Gasteiger charge is 2.17. The van der Waals surface area contributed by atoms with Gasteiger partial charge in [-0.05, 0) is 89.0 Å². The molecule has 0 amide bonds. The Labute approximate surface area is 293 Å². The Morgan fingerprint density at radius 2 is 0.765 bits per heavy atom. The number of fused-ring (bicyclic) bond motifs is 9. The van der Waals surface area contributed by atoms with Gasteiger partial charge in [0.25, 0.3) is 0 Å². The van der Waals surface area contributed by atoms with E-state index in [1.54, 1.807) is 0 Å². The molecule has 3 heterocycles. The number of hydrogen-bond acceptors (Lipinski definition) is 1. The molecular weight excluding hydrogens is 621 g/mol. The van der Waals surface area contributed by atoms with E-state index in [1.807, 2.05) is 12.1 Å². The molecule has 0 aliphatic carbocycles. The lowest BCUT2D eigenvalue weighted by molar-refractivity contribution is 0.669. The zero-order valence-corrected chi connectivity index (χ0v) is 27.6. The Bertz CT molecular complexity index is 3140. The van der Waals surface area contributed by atoms with E-state index < -0.39 is 0 Å². The maximum absolute atomic E-state index is 6.13. The molecule has 0 aliphatic rings. The lowest BCUT2D eigenvalue weighted by Crippen LogP contribution is -1.95. The molecule has 0 spiro atoms. The minimum Gasteiger partial charge on any atom is -0.456 e. The van der Waals surface area contributed by atoms with Gasteiger partial charge in [0, 0.05) is 43.7 Å². The van der Waals surface area contributed by atoms with Gasteiger partial charge in [-0.1, -0.05) is 115 Å². The Morgan fingerprint density at radius 3 is 1.47 bits per heavy atom. The summed E-state index contributed by atoms with van der Waals surface area (Å²) in [6, 6.07) is 65.6. The van der Waals surface area contributed by atoms with Crippen molar-refractivity contribution in [2.24, 2.45) is 0 Å². The van der Waals surface area contributed by atoms with Gasteiger partial charge in [0.15, 0.2) is 0 Å². The van der Waals surface area contributed by atoms with Crippen molar-refractivity contribution in [2.75, 3.05) is 0 Å². The third-order valence-corrected chi connectivity index (χ3v) is 10.5. The summed E-state index contributed by atoms with van der Waals surface area (Å²) < 4.78 is 10.9. The van der Waals surface area contributed by atoms with Gasteiger partial charge >= 0.3 is 0 Å². The predicted octanol–water partition coefficient (Wildman–Crippen LogP) is 13.1. The van der Waals surface area contributed by atoms with Gasteiger partial charge in [0.1, 0.15) is 11.2 Å². The molecule has 0 unspecified atom stereocenters. The van der Waals surface area contributed by atoms with Crippen LogP contribution in [0.4, 0.5) is 0 Å². The quantitative estimate of drug-likeness (QED) is 0.186. The summed E-state index contributed by atoms with van der Waals surface area (Å²) in [4.78, 5) is 0. The summed E-state index contributed by atoms with van der Waals surface area (Å²) in [5.74, 6) is 0. The summed E-state index contributed by atoms with van der Waals surface area (Å²) in [6.07, 6.45) is 0. The van der Waals surface area contributed by atoms with Crippen molar-refractivity contribution in [3.05, 3.63) is 182 Å². The highest BCUT2D eigenvalue weighted by molar-refractivity contribution is 6.12. The summed E-state index contributed by atoms with van der Waals surface area (Å²) >= 11 is 0. The lowest BCUT2D eigenvalue weighted by Gasteiger charge is -2.12. The minimum atomic E-state index is 0.911. The highest BCUT2D eigenvalue weighted by atomic mass is 16.3. The molecule has 11 rings (SSSR count). The standard InChI is InChI=1S/C48H30N2O/c1-2-12-35(13-3-1)49-43-18-7-4-15-37(43)39-24-21-33(29-45(39)49)34-22-25-40-38-16-5-8-19-44(38)50(46(40)30-34)36-14-10-11-31(27-36)32-23-26-48-42(28-32)41-17-6-9-20-47(41)51-48/h1-30H. The molecule has 3 heteroatoms. The Hall–Kier alpha value is -6.84. The monoisotopic (exact) mass is 650 g/mol. The Kier molecular flexibility index (Phi) is 5.96. The molecule has 0 N–H and O–H groups in total. The first-order chi connectivity index (χ1) is 25.3. The van der Waals surface area contributed by atoms with Crippen LogP contribution in [0.5, 0.6) is 0 Å². The first-order valence-corrected chi connectivity index (χ1v) is 17.4. The molecule has 3 nitrogen and oxygen atoms in total. The number of benzene rings is 8. The van der Waals surface area contributed by atoms with Gasteiger partial charge < -0.3 is 13.6 Å². The molecule has 51 heavy (non-hydrogen) atoms. The van der Waals surface area contributed by atoms with Crippen LogP contribution >= 0.6 is 0 Å². The van der Waals surface area contributed by atoms with E-state index in [0.29, 0.717) is 0 Å². The van der Waals surface area contributed by atoms with E-state index >= 15 is 0 Å². The zero-order chi connectivity index (χ0) is 33.5. The molecule has 3 aromatic heterocycles. The fraction of sp³-hybridized carbons (Fsp3) is 0. The SMILES string of the molecule is c1ccc(-n2c3ccccc3c3ccc(-c4ccc5c6ccccc6n(-c6cccc(-c7ccc8oc9ccccc9c8c7)c6)c5c4)cc32)cc1. The molecular formula is C48H30N2O. The number of aromatic nitrogens is 2. The molecule has 0 saturated heterocycles. The molecule has 0 aliphatic heterocycles. The van der Waals surface area contributed by atoms with Crippen LogP contribution in [0.15, 0.2) is 186 Å². The van der Waals surface area contributed by atoms with Crippen LogP contribution in [-0.2, 0) is 0 Å². The maximum atomic E-state index is 6.13. The number of hydrogen-bond donors (Lipinski definition) is 0. The molecule has 0 saturated carbocycles. The summed E-state index contributed by atoms with van der Waals surface area (Å²) in [7, 11) is 0. The third-order valence-electron chi connectivity index (χ3n) is 10.5. The topological polar surface area (TPSA) is 23.0 Å². The van der Waals surface area contributed by atoms with Crippen LogP contribution in [0.2, 0.25) is 0 Å². The fourth-order valence-electron chi connectivity index (χ4n) is 8.16. The number of para-hydroxylation sites is 4. The average molecular weight is 651 g/mol. The second-order valence-corrected chi connectivity index (χ2v) is 13.4. The Morgan fingerprint density at radius 1 is 0.275 bits per heavy atom. The minimum absolute atomic E-state index is 0.911. The van der Waals surface area contributed by atoms with E-state index in [9.17, 15) is 0 Å². The highest BCUT2D eigenvalue weighted by Crippen LogP contribution is 2.39. The summed E-state index contributed by atoms with van der Waals surface area (Å²) in [5, 5.41) is 7.28. The van der Waals surface area contributed by atoms with Crippen LogP contribution in [0.3, 0.4) is 0 Å². The number of nitrogens with zero attached hydrogens (tertiary/aromatic N) is 2. The lowest BCUT2D eigenvalue weighted by atomic mass is 10.0. The number of furan rings is 1. The van der Waals surface area contributed by atoms with Crippen molar-refractivity contribution in [1.29, 1.82) is 0 Å². The van der Waals surface area contributed by atoms with Crippen LogP contribution in [-0.4, -0.2) is 9.13 Å². The van der Waals surface area contributed by atoms with Crippen molar-refractivity contribution in [3.63, 3.8) is 0 Å². The summed E-state index contributed by atoms with van der Waals surface area (Å²) in [6.45, 7) is 0. The van der Waals surface area contributed by atoms with E-state index in [1.165, 1.54) is 65.9 Å². The van der Waals surface area contributed by atoms with Crippen molar-refractivity contribution in [1.82, 2.24) is 9.13 Å².